The highest BCUT2D eigenvalue weighted by Gasteiger charge is 2.45. The number of fused-ring (bicyclic) bond motifs is 1. The summed E-state index contributed by atoms with van der Waals surface area (Å²) in [6.45, 7) is -0.0112. The smallest absolute Gasteiger partial charge is 0.305 e. The maximum Gasteiger partial charge on any atom is 0.305 e. The number of primary amides is 1. The third kappa shape index (κ3) is 8.86. The highest BCUT2D eigenvalue weighted by molar-refractivity contribution is 5.95. The topological polar surface area (TPSA) is 278 Å². The number of carbonyl (C=O) groups is 6. The van der Waals surface area contributed by atoms with Crippen LogP contribution >= 0.6 is 0 Å². The van der Waals surface area contributed by atoms with E-state index in [1.165, 1.54) is 0 Å². The summed E-state index contributed by atoms with van der Waals surface area (Å²) in [7, 11) is 0. The molecule has 0 spiro atoms. The Hall–Kier alpha value is -3.95. The monoisotopic (exact) mass is 539 g/mol. The van der Waals surface area contributed by atoms with Crippen molar-refractivity contribution in [3.8, 4) is 0 Å². The zero-order valence-corrected chi connectivity index (χ0v) is 21.1. The fourth-order valence-electron chi connectivity index (χ4n) is 4.72. The Balaban J connectivity index is 2.02. The van der Waals surface area contributed by atoms with Crippen LogP contribution in [0.3, 0.4) is 0 Å². The molecular formula is C22H37N9O7. The van der Waals surface area contributed by atoms with E-state index in [-0.39, 0.29) is 43.2 Å². The van der Waals surface area contributed by atoms with Crippen LogP contribution in [0.25, 0.3) is 0 Å². The third-order valence-corrected chi connectivity index (χ3v) is 6.55. The quantitative estimate of drug-likeness (QED) is 0.0598. The van der Waals surface area contributed by atoms with E-state index in [0.29, 0.717) is 25.8 Å². The van der Waals surface area contributed by atoms with E-state index < -0.39 is 60.7 Å². The van der Waals surface area contributed by atoms with Crippen molar-refractivity contribution in [3.05, 3.63) is 0 Å². The van der Waals surface area contributed by atoms with Gasteiger partial charge in [-0.25, -0.2) is 0 Å². The number of aliphatic imine (C=N–C) groups is 1. The molecule has 0 bridgehead atoms. The minimum Gasteiger partial charge on any atom is -0.481 e. The van der Waals surface area contributed by atoms with Gasteiger partial charge in [0.05, 0.1) is 13.0 Å². The molecule has 2 rings (SSSR count). The molecule has 38 heavy (non-hydrogen) atoms. The highest BCUT2D eigenvalue weighted by atomic mass is 16.4. The number of aliphatic carboxylic acids is 1. The van der Waals surface area contributed by atoms with E-state index in [1.807, 2.05) is 0 Å². The number of nitrogens with one attached hydrogen (secondary N) is 3. The summed E-state index contributed by atoms with van der Waals surface area (Å²) >= 11 is 0. The van der Waals surface area contributed by atoms with Gasteiger partial charge in [0, 0.05) is 19.0 Å². The third-order valence-electron chi connectivity index (χ3n) is 6.55. The van der Waals surface area contributed by atoms with Crippen molar-refractivity contribution in [1.82, 2.24) is 20.9 Å². The number of amides is 5. The minimum absolute atomic E-state index is 0.0791. The molecule has 2 saturated heterocycles. The van der Waals surface area contributed by atoms with Gasteiger partial charge in [0.2, 0.25) is 29.5 Å². The molecule has 0 saturated carbocycles. The predicted molar refractivity (Wildman–Crippen MR) is 134 cm³/mol. The first-order valence-electron chi connectivity index (χ1n) is 12.4. The van der Waals surface area contributed by atoms with Crippen LogP contribution in [0.15, 0.2) is 4.99 Å². The highest BCUT2D eigenvalue weighted by Crippen LogP contribution is 2.34. The van der Waals surface area contributed by atoms with Crippen molar-refractivity contribution in [2.75, 3.05) is 19.6 Å². The molecule has 16 heteroatoms. The molecule has 0 aliphatic carbocycles. The fourth-order valence-corrected chi connectivity index (χ4v) is 4.72. The average Bonchev–Trinajstić information content (AvgIpc) is 3.28. The summed E-state index contributed by atoms with van der Waals surface area (Å²) in [5, 5.41) is 16.0. The Morgan fingerprint density at radius 2 is 1.79 bits per heavy atom. The van der Waals surface area contributed by atoms with Crippen LogP contribution in [0.4, 0.5) is 0 Å². The molecule has 2 fully saturated rings. The Morgan fingerprint density at radius 1 is 1.08 bits per heavy atom. The summed E-state index contributed by atoms with van der Waals surface area (Å²) < 4.78 is 0. The number of piperidine rings is 1. The molecule has 2 aliphatic rings. The van der Waals surface area contributed by atoms with Gasteiger partial charge in [-0.3, -0.25) is 33.8 Å². The molecule has 2 heterocycles. The number of hydrogen-bond acceptors (Lipinski definition) is 8. The van der Waals surface area contributed by atoms with Gasteiger partial charge in [-0.1, -0.05) is 0 Å². The Morgan fingerprint density at radius 3 is 2.39 bits per heavy atom. The van der Waals surface area contributed by atoms with E-state index in [0.717, 1.165) is 6.42 Å². The first kappa shape index (κ1) is 30.3. The normalized spacial score (nSPS) is 22.0. The number of nitrogens with two attached hydrogens (primary N) is 4. The summed E-state index contributed by atoms with van der Waals surface area (Å²) in [6, 6.07) is -3.34. The minimum atomic E-state index is -1.46. The van der Waals surface area contributed by atoms with Crippen molar-refractivity contribution in [2.45, 2.75) is 69.1 Å². The van der Waals surface area contributed by atoms with Gasteiger partial charge in [-0.05, 0) is 44.6 Å². The van der Waals surface area contributed by atoms with Crippen LogP contribution in [-0.2, 0) is 28.8 Å². The van der Waals surface area contributed by atoms with Crippen LogP contribution in [0, 0.1) is 5.92 Å². The molecule has 2 aliphatic heterocycles. The van der Waals surface area contributed by atoms with Crippen molar-refractivity contribution in [3.63, 3.8) is 0 Å². The second-order valence-electron chi connectivity index (χ2n) is 9.44. The van der Waals surface area contributed by atoms with Gasteiger partial charge in [0.15, 0.2) is 5.96 Å². The lowest BCUT2D eigenvalue weighted by atomic mass is 9.91. The van der Waals surface area contributed by atoms with Crippen molar-refractivity contribution >= 4 is 41.5 Å². The molecular weight excluding hydrogens is 502 g/mol. The van der Waals surface area contributed by atoms with Gasteiger partial charge < -0.3 is 48.9 Å². The van der Waals surface area contributed by atoms with Crippen molar-refractivity contribution in [1.29, 1.82) is 0 Å². The molecule has 5 atom stereocenters. The van der Waals surface area contributed by atoms with Crippen LogP contribution in [0.1, 0.15) is 44.9 Å². The van der Waals surface area contributed by atoms with E-state index >= 15 is 0 Å². The molecule has 16 nitrogen and oxygen atoms in total. The lowest BCUT2D eigenvalue weighted by Crippen LogP contribution is -2.56. The second-order valence-corrected chi connectivity index (χ2v) is 9.44. The Kier molecular flexibility index (Phi) is 11.2. The van der Waals surface area contributed by atoms with Gasteiger partial charge >= 0.3 is 5.97 Å². The van der Waals surface area contributed by atoms with Crippen LogP contribution in [0.2, 0.25) is 0 Å². The fraction of sp³-hybridized carbons (Fsp3) is 0.682. The second kappa shape index (κ2) is 14.1. The average molecular weight is 540 g/mol. The summed E-state index contributed by atoms with van der Waals surface area (Å²) in [5.74, 6) is -4.63. The van der Waals surface area contributed by atoms with E-state index in [1.54, 1.807) is 4.90 Å². The molecule has 212 valence electrons. The van der Waals surface area contributed by atoms with Gasteiger partial charge in [0.25, 0.3) is 0 Å². The lowest BCUT2D eigenvalue weighted by Gasteiger charge is -2.37. The lowest BCUT2D eigenvalue weighted by molar-refractivity contribution is -0.144. The predicted octanol–water partition coefficient (Wildman–Crippen LogP) is -4.19. The van der Waals surface area contributed by atoms with Crippen LogP contribution in [-0.4, -0.2) is 95.3 Å². The number of guanidine groups is 1. The van der Waals surface area contributed by atoms with E-state index in [9.17, 15) is 28.8 Å². The number of rotatable bonds is 14. The molecule has 0 aromatic heterocycles. The SMILES string of the molecule is NC[C@H]1CC(=O)N2C(C(=O)NC(CCCN=C(N)N)C(=O)NCC(=O)NC(CC(=O)O)C(N)=O)CC[C@H]2C1. The summed E-state index contributed by atoms with van der Waals surface area (Å²) in [4.78, 5) is 78.5. The molecule has 0 aromatic rings. The summed E-state index contributed by atoms with van der Waals surface area (Å²) in [5.41, 5.74) is 21.5. The standard InChI is InChI=1S/C22H37N9O7/c23-9-11-6-12-3-4-15(31(12)17(33)7-11)21(38)30-13(2-1-5-27-22(25)26)20(37)28-10-16(32)29-14(19(24)36)8-18(34)35/h11-15H,1-10,23H2,(H2,24,36)(H,28,37)(H,29,32)(H,30,38)(H,34,35)(H4,25,26,27)/t11-,12+,13?,14?,15?/m1/s1. The van der Waals surface area contributed by atoms with E-state index in [4.69, 9.17) is 28.0 Å². The van der Waals surface area contributed by atoms with Gasteiger partial charge in [-0.15, -0.1) is 0 Å². The zero-order valence-electron chi connectivity index (χ0n) is 21.1. The maximum absolute atomic E-state index is 13.2. The van der Waals surface area contributed by atoms with E-state index in [2.05, 4.69) is 20.9 Å². The Bertz CT molecular complexity index is 953. The number of nitrogens with zero attached hydrogens (tertiary/aromatic N) is 2. The molecule has 12 N–H and O–H groups in total. The zero-order chi connectivity index (χ0) is 28.4. The first-order valence-corrected chi connectivity index (χ1v) is 12.4. The number of carboxylic acids is 1. The van der Waals surface area contributed by atoms with Gasteiger partial charge in [0.1, 0.15) is 18.1 Å². The largest absolute Gasteiger partial charge is 0.481 e. The first-order chi connectivity index (χ1) is 17.9. The van der Waals surface area contributed by atoms with Gasteiger partial charge in [-0.2, -0.15) is 0 Å². The number of hydrogen-bond donors (Lipinski definition) is 8. The van der Waals surface area contributed by atoms with Crippen LogP contribution in [0.5, 0.6) is 0 Å². The maximum atomic E-state index is 13.2. The molecule has 0 radical (unpaired) electrons. The number of carboxylic acid groups (broad SMARTS) is 1. The molecule has 3 unspecified atom stereocenters. The molecule has 5 amide bonds. The van der Waals surface area contributed by atoms with Crippen molar-refractivity contribution in [2.24, 2.45) is 33.8 Å². The van der Waals surface area contributed by atoms with Crippen LogP contribution < -0.4 is 38.9 Å². The number of carbonyl (C=O) groups excluding carboxylic acids is 5. The van der Waals surface area contributed by atoms with Crippen molar-refractivity contribution < 1.29 is 33.9 Å². The summed E-state index contributed by atoms with van der Waals surface area (Å²) in [6.07, 6.45) is 1.81. The Labute approximate surface area is 219 Å². The molecule has 0 aromatic carbocycles.